The minimum Gasteiger partial charge on any atom is -0.381 e. The number of nitrogens with zero attached hydrogens (tertiary/aromatic N) is 3. The van der Waals surface area contributed by atoms with Gasteiger partial charge in [0.05, 0.1) is 30.4 Å². The maximum Gasteiger partial charge on any atom is 0.300 e. The summed E-state index contributed by atoms with van der Waals surface area (Å²) in [5.74, 6) is -0.528. The number of nitro groups is 1. The highest BCUT2D eigenvalue weighted by molar-refractivity contribution is 5.93. The normalized spacial score (nSPS) is 12.2. The Morgan fingerprint density at radius 3 is 2.83 bits per heavy atom. The number of non-ortho nitro benzene ring substituents is 1. The molecule has 1 aromatic carbocycles. The van der Waals surface area contributed by atoms with E-state index in [-0.39, 0.29) is 23.3 Å². The number of rotatable bonds is 10. The Morgan fingerprint density at radius 1 is 1.38 bits per heavy atom. The number of nitrogens with two attached hydrogens (primary N) is 1. The fourth-order valence-corrected chi connectivity index (χ4v) is 1.87. The van der Waals surface area contributed by atoms with E-state index < -0.39 is 16.9 Å². The molecule has 1 aromatic heterocycles. The van der Waals surface area contributed by atoms with E-state index >= 15 is 0 Å². The van der Waals surface area contributed by atoms with Crippen LogP contribution in [-0.4, -0.2) is 53.6 Å². The van der Waals surface area contributed by atoms with Crippen molar-refractivity contribution in [2.75, 3.05) is 31.7 Å². The highest BCUT2D eigenvalue weighted by Gasteiger charge is 2.19. The lowest BCUT2D eigenvalue weighted by molar-refractivity contribution is -0.383. The lowest BCUT2D eigenvalue weighted by atomic mass is 10.2. The Morgan fingerprint density at radius 2 is 2.12 bits per heavy atom. The molecule has 0 radical (unpaired) electrons. The molecule has 2 rings (SSSR count). The van der Waals surface area contributed by atoms with Crippen LogP contribution in [0.25, 0.3) is 11.0 Å². The lowest BCUT2D eigenvalue weighted by Gasteiger charge is -2.10. The van der Waals surface area contributed by atoms with E-state index in [0.717, 1.165) is 0 Å². The highest BCUT2D eigenvalue weighted by Crippen LogP contribution is 2.28. The third-order valence-electron chi connectivity index (χ3n) is 3.15. The van der Waals surface area contributed by atoms with Crippen LogP contribution in [0.4, 0.5) is 11.4 Å². The maximum atomic E-state index is 10.9. The molecule has 1 heterocycles. The second-order valence-corrected chi connectivity index (χ2v) is 4.81. The van der Waals surface area contributed by atoms with Gasteiger partial charge in [0.25, 0.3) is 0 Å². The number of amides is 1. The molecule has 0 aliphatic carbocycles. The molecule has 1 atom stereocenters. The summed E-state index contributed by atoms with van der Waals surface area (Å²) >= 11 is 0. The minimum atomic E-state index is -0.653. The van der Waals surface area contributed by atoms with Crippen LogP contribution in [0.5, 0.6) is 0 Å². The summed E-state index contributed by atoms with van der Waals surface area (Å²) in [6, 6.07) is 2.86. The van der Waals surface area contributed by atoms with Gasteiger partial charge in [-0.3, -0.25) is 14.9 Å². The minimum absolute atomic E-state index is 0.0831. The molecule has 24 heavy (non-hydrogen) atoms. The van der Waals surface area contributed by atoms with Crippen LogP contribution in [0.15, 0.2) is 16.8 Å². The Labute approximate surface area is 136 Å². The van der Waals surface area contributed by atoms with Crippen molar-refractivity contribution in [3.63, 3.8) is 0 Å². The summed E-state index contributed by atoms with van der Waals surface area (Å²) in [5.41, 5.74) is 5.80. The van der Waals surface area contributed by atoms with Gasteiger partial charge in [0.1, 0.15) is 6.10 Å². The van der Waals surface area contributed by atoms with Crippen LogP contribution in [-0.2, 0) is 14.3 Å². The lowest BCUT2D eigenvalue weighted by Crippen LogP contribution is -2.29. The summed E-state index contributed by atoms with van der Waals surface area (Å²) < 4.78 is 15.0. The van der Waals surface area contributed by atoms with E-state index in [1.54, 1.807) is 6.92 Å². The monoisotopic (exact) mass is 339 g/mol. The molecule has 0 aliphatic rings. The number of primary amides is 1. The topological polar surface area (TPSA) is 156 Å². The zero-order valence-electron chi connectivity index (χ0n) is 12.9. The standard InChI is InChI=1S/C13H17N5O6/c1-8(13(14)19)23-7-6-22-5-4-15-9-2-3-10(18(20)21)12-11(9)16-24-17-12/h2-3,8,15H,4-7H2,1H3,(H2,14,19). The van der Waals surface area contributed by atoms with Crippen molar-refractivity contribution in [3.8, 4) is 0 Å². The van der Waals surface area contributed by atoms with Gasteiger partial charge in [-0.15, -0.1) is 0 Å². The van der Waals surface area contributed by atoms with Gasteiger partial charge in [0, 0.05) is 12.6 Å². The molecule has 1 amide bonds. The summed E-state index contributed by atoms with van der Waals surface area (Å²) in [5, 5.41) is 21.1. The molecule has 130 valence electrons. The summed E-state index contributed by atoms with van der Waals surface area (Å²) in [7, 11) is 0. The molecular weight excluding hydrogens is 322 g/mol. The van der Waals surface area contributed by atoms with Crippen molar-refractivity contribution < 1.29 is 23.8 Å². The molecule has 0 saturated carbocycles. The Balaban J connectivity index is 1.76. The molecule has 0 saturated heterocycles. The van der Waals surface area contributed by atoms with Gasteiger partial charge in [-0.2, -0.15) is 0 Å². The number of hydrogen-bond acceptors (Lipinski definition) is 9. The number of nitro benzene ring substituents is 1. The van der Waals surface area contributed by atoms with Gasteiger partial charge < -0.3 is 20.5 Å². The van der Waals surface area contributed by atoms with Gasteiger partial charge in [-0.05, 0) is 23.3 Å². The van der Waals surface area contributed by atoms with Crippen LogP contribution in [0, 0.1) is 10.1 Å². The first-order valence-corrected chi connectivity index (χ1v) is 7.13. The van der Waals surface area contributed by atoms with Gasteiger partial charge in [-0.25, -0.2) is 4.63 Å². The number of hydrogen-bond donors (Lipinski definition) is 2. The average molecular weight is 339 g/mol. The second kappa shape index (κ2) is 8.17. The van der Waals surface area contributed by atoms with E-state index in [1.165, 1.54) is 12.1 Å². The van der Waals surface area contributed by atoms with Crippen molar-refractivity contribution in [1.82, 2.24) is 10.3 Å². The first-order valence-electron chi connectivity index (χ1n) is 7.13. The van der Waals surface area contributed by atoms with Crippen LogP contribution < -0.4 is 11.1 Å². The predicted molar refractivity (Wildman–Crippen MR) is 82.4 cm³/mol. The van der Waals surface area contributed by atoms with Crippen molar-refractivity contribution >= 4 is 28.3 Å². The predicted octanol–water partition coefficient (Wildman–Crippen LogP) is 0.450. The zero-order valence-corrected chi connectivity index (χ0v) is 12.9. The van der Waals surface area contributed by atoms with Gasteiger partial charge in [-0.1, -0.05) is 0 Å². The van der Waals surface area contributed by atoms with Crippen LogP contribution >= 0.6 is 0 Å². The van der Waals surface area contributed by atoms with E-state index in [9.17, 15) is 14.9 Å². The molecule has 2 aromatic rings. The van der Waals surface area contributed by atoms with E-state index in [1.807, 2.05) is 0 Å². The summed E-state index contributed by atoms with van der Waals surface area (Å²) in [4.78, 5) is 21.1. The first kappa shape index (κ1) is 17.6. The number of benzene rings is 1. The molecule has 1 unspecified atom stereocenters. The average Bonchev–Trinajstić information content (AvgIpc) is 3.02. The quantitative estimate of drug-likeness (QED) is 0.356. The van der Waals surface area contributed by atoms with Crippen LogP contribution in [0.1, 0.15) is 6.92 Å². The Hall–Kier alpha value is -2.79. The van der Waals surface area contributed by atoms with Gasteiger partial charge in [0.15, 0.2) is 5.52 Å². The number of carbonyl (C=O) groups excluding carboxylic acids is 1. The van der Waals surface area contributed by atoms with E-state index in [4.69, 9.17) is 15.2 Å². The van der Waals surface area contributed by atoms with Crippen LogP contribution in [0.3, 0.4) is 0 Å². The number of fused-ring (bicyclic) bond motifs is 1. The van der Waals surface area contributed by atoms with Crippen molar-refractivity contribution in [2.24, 2.45) is 5.73 Å². The second-order valence-electron chi connectivity index (χ2n) is 4.81. The van der Waals surface area contributed by atoms with Gasteiger partial charge >= 0.3 is 5.69 Å². The molecule has 0 fully saturated rings. The highest BCUT2D eigenvalue weighted by atomic mass is 16.6. The summed E-state index contributed by atoms with van der Waals surface area (Å²) in [6.45, 7) is 2.92. The molecular formula is C13H17N5O6. The molecule has 0 aliphatic heterocycles. The summed E-state index contributed by atoms with van der Waals surface area (Å²) in [6.07, 6.45) is -0.653. The van der Waals surface area contributed by atoms with Crippen molar-refractivity contribution in [1.29, 1.82) is 0 Å². The number of carbonyl (C=O) groups is 1. The van der Waals surface area contributed by atoms with Crippen LogP contribution in [0.2, 0.25) is 0 Å². The van der Waals surface area contributed by atoms with E-state index in [2.05, 4.69) is 20.3 Å². The number of aromatic nitrogens is 2. The van der Waals surface area contributed by atoms with Gasteiger partial charge in [0.2, 0.25) is 11.4 Å². The fraction of sp³-hybridized carbons (Fsp3) is 0.462. The SMILES string of the molecule is CC(OCCOCCNc1ccc([N+](=O)[O-])c2nonc12)C(N)=O. The first-order chi connectivity index (χ1) is 11.5. The maximum absolute atomic E-state index is 10.9. The molecule has 0 bridgehead atoms. The number of anilines is 1. The largest absolute Gasteiger partial charge is 0.381 e. The molecule has 11 nitrogen and oxygen atoms in total. The van der Waals surface area contributed by atoms with Crippen molar-refractivity contribution in [3.05, 3.63) is 22.2 Å². The molecule has 0 spiro atoms. The fourth-order valence-electron chi connectivity index (χ4n) is 1.87. The van der Waals surface area contributed by atoms with E-state index in [0.29, 0.717) is 25.4 Å². The van der Waals surface area contributed by atoms with Crippen molar-refractivity contribution in [2.45, 2.75) is 13.0 Å². The third-order valence-corrected chi connectivity index (χ3v) is 3.15. The number of ether oxygens (including phenoxy) is 2. The third kappa shape index (κ3) is 4.36. The Kier molecular flexibility index (Phi) is 5.98. The smallest absolute Gasteiger partial charge is 0.300 e. The Bertz CT molecular complexity index is 718. The number of nitrogens with one attached hydrogen (secondary N) is 1. The molecule has 3 N–H and O–H groups in total. The zero-order chi connectivity index (χ0) is 17.5. The molecule has 11 heteroatoms.